The van der Waals surface area contributed by atoms with Crippen LogP contribution in [0.4, 0.5) is 10.5 Å². The van der Waals surface area contributed by atoms with E-state index in [9.17, 15) is 4.79 Å². The van der Waals surface area contributed by atoms with Crippen LogP contribution < -0.4 is 10.1 Å². The zero-order valence-corrected chi connectivity index (χ0v) is 13.9. The molecule has 0 radical (unpaired) electrons. The van der Waals surface area contributed by atoms with Gasteiger partial charge in [0.1, 0.15) is 17.9 Å². The van der Waals surface area contributed by atoms with Crippen LogP contribution in [0.25, 0.3) is 0 Å². The molecule has 0 unspecified atom stereocenters. The van der Waals surface area contributed by atoms with Crippen molar-refractivity contribution in [1.82, 2.24) is 25.1 Å². The highest BCUT2D eigenvalue weighted by molar-refractivity contribution is 5.88. The first-order chi connectivity index (χ1) is 12.1. The van der Waals surface area contributed by atoms with E-state index >= 15 is 0 Å². The summed E-state index contributed by atoms with van der Waals surface area (Å²) in [6.07, 6.45) is 2.95. The molecule has 1 aromatic carbocycles. The van der Waals surface area contributed by atoms with Crippen molar-refractivity contribution in [1.29, 1.82) is 0 Å². The van der Waals surface area contributed by atoms with Crippen LogP contribution in [0.5, 0.6) is 11.6 Å². The second-order valence-corrected chi connectivity index (χ2v) is 5.52. The number of nitrogens with zero attached hydrogens (tertiary/aromatic N) is 4. The number of carbonyl (C=O) groups is 1. The molecule has 0 aliphatic heterocycles. The number of benzene rings is 1. The minimum absolute atomic E-state index is 0.273. The van der Waals surface area contributed by atoms with Gasteiger partial charge < -0.3 is 15.0 Å². The number of hydrogen-bond donors (Lipinski definition) is 2. The molecule has 2 amide bonds. The Hall–Kier alpha value is -3.42. The highest BCUT2D eigenvalue weighted by Crippen LogP contribution is 2.20. The largest absolute Gasteiger partial charge is 0.439 e. The fraction of sp³-hybridized carbons (Fsp3) is 0.176. The lowest BCUT2D eigenvalue weighted by atomic mass is 10.2. The number of hydrogen-bond acceptors (Lipinski definition) is 5. The molecule has 2 aromatic heterocycles. The van der Waals surface area contributed by atoms with E-state index in [0.29, 0.717) is 29.7 Å². The fourth-order valence-electron chi connectivity index (χ4n) is 2.06. The molecule has 0 saturated heterocycles. The zero-order chi connectivity index (χ0) is 17.6. The summed E-state index contributed by atoms with van der Waals surface area (Å²) in [5.74, 6) is 1.77. The van der Waals surface area contributed by atoms with Gasteiger partial charge in [-0.15, -0.1) is 0 Å². The van der Waals surface area contributed by atoms with Gasteiger partial charge in [-0.1, -0.05) is 17.7 Å². The Labute approximate surface area is 144 Å². The lowest BCUT2D eigenvalue weighted by Crippen LogP contribution is -2.31. The first-order valence-corrected chi connectivity index (χ1v) is 7.67. The number of nitrogens with one attached hydrogen (secondary N) is 2. The number of carbonyl (C=O) groups excluding carboxylic acids is 1. The number of pyridine rings is 1. The van der Waals surface area contributed by atoms with Crippen LogP contribution in [0.3, 0.4) is 0 Å². The monoisotopic (exact) mass is 338 g/mol. The SMILES string of the molecule is Cc1ccc(Oc2ccc(NC(=O)N(C)Cc3ncn[nH]3)cn2)cc1. The molecule has 3 aromatic rings. The third kappa shape index (κ3) is 4.54. The lowest BCUT2D eigenvalue weighted by Gasteiger charge is -2.16. The minimum atomic E-state index is -0.273. The topological polar surface area (TPSA) is 96.0 Å². The van der Waals surface area contributed by atoms with E-state index in [1.54, 1.807) is 25.4 Å². The summed E-state index contributed by atoms with van der Waals surface area (Å²) in [6, 6.07) is 10.9. The fourth-order valence-corrected chi connectivity index (χ4v) is 2.06. The summed E-state index contributed by atoms with van der Waals surface area (Å²) >= 11 is 0. The van der Waals surface area contributed by atoms with E-state index in [0.717, 1.165) is 5.56 Å². The van der Waals surface area contributed by atoms with Gasteiger partial charge in [0.15, 0.2) is 0 Å². The van der Waals surface area contributed by atoms with Crippen molar-refractivity contribution >= 4 is 11.7 Å². The second-order valence-electron chi connectivity index (χ2n) is 5.52. The summed E-state index contributed by atoms with van der Waals surface area (Å²) in [4.78, 5) is 21.8. The highest BCUT2D eigenvalue weighted by Gasteiger charge is 2.11. The Morgan fingerprint density at radius 3 is 2.64 bits per heavy atom. The highest BCUT2D eigenvalue weighted by atomic mass is 16.5. The molecule has 3 rings (SSSR count). The molecule has 0 atom stereocenters. The van der Waals surface area contributed by atoms with Crippen molar-refractivity contribution in [2.45, 2.75) is 13.5 Å². The number of urea groups is 1. The van der Waals surface area contributed by atoms with Crippen molar-refractivity contribution < 1.29 is 9.53 Å². The Balaban J connectivity index is 1.56. The Kier molecular flexibility index (Phi) is 4.89. The maximum atomic E-state index is 12.1. The Bertz CT molecular complexity index is 815. The molecule has 2 N–H and O–H groups in total. The minimum Gasteiger partial charge on any atom is -0.439 e. The maximum Gasteiger partial charge on any atom is 0.322 e. The first-order valence-electron chi connectivity index (χ1n) is 7.67. The van der Waals surface area contributed by atoms with Crippen LogP contribution in [0.1, 0.15) is 11.4 Å². The molecule has 2 heterocycles. The Morgan fingerprint density at radius 2 is 2.00 bits per heavy atom. The van der Waals surface area contributed by atoms with Gasteiger partial charge in [-0.05, 0) is 25.1 Å². The van der Waals surface area contributed by atoms with Gasteiger partial charge >= 0.3 is 6.03 Å². The molecular formula is C17H18N6O2. The molecule has 0 spiro atoms. The molecule has 0 bridgehead atoms. The third-order valence-electron chi connectivity index (χ3n) is 3.43. The molecule has 128 valence electrons. The average Bonchev–Trinajstić information content (AvgIpc) is 3.11. The van der Waals surface area contributed by atoms with Crippen molar-refractivity contribution in [3.05, 3.63) is 60.3 Å². The third-order valence-corrected chi connectivity index (χ3v) is 3.43. The first kappa shape index (κ1) is 16.4. The van der Waals surface area contributed by atoms with Crippen LogP contribution in [-0.4, -0.2) is 38.1 Å². The zero-order valence-electron chi connectivity index (χ0n) is 13.9. The van der Waals surface area contributed by atoms with Gasteiger partial charge in [0.25, 0.3) is 0 Å². The maximum absolute atomic E-state index is 12.1. The summed E-state index contributed by atoms with van der Waals surface area (Å²) in [5, 5.41) is 9.22. The quantitative estimate of drug-likeness (QED) is 0.745. The number of ether oxygens (including phenoxy) is 1. The van der Waals surface area contributed by atoms with Gasteiger partial charge in [0, 0.05) is 13.1 Å². The van der Waals surface area contributed by atoms with Crippen molar-refractivity contribution in [2.24, 2.45) is 0 Å². The number of anilines is 1. The van der Waals surface area contributed by atoms with Crippen LogP contribution >= 0.6 is 0 Å². The van der Waals surface area contributed by atoms with Gasteiger partial charge in [-0.25, -0.2) is 14.8 Å². The molecule has 8 heteroatoms. The number of aryl methyl sites for hydroxylation is 1. The summed E-state index contributed by atoms with van der Waals surface area (Å²) in [6.45, 7) is 2.34. The summed E-state index contributed by atoms with van der Waals surface area (Å²) < 4.78 is 5.66. The molecule has 8 nitrogen and oxygen atoms in total. The van der Waals surface area contributed by atoms with E-state index in [4.69, 9.17) is 4.74 Å². The number of aromatic nitrogens is 4. The number of H-pyrrole nitrogens is 1. The van der Waals surface area contributed by atoms with E-state index in [1.807, 2.05) is 31.2 Å². The van der Waals surface area contributed by atoms with Gasteiger partial charge in [-0.2, -0.15) is 5.10 Å². The molecule has 25 heavy (non-hydrogen) atoms. The van der Waals surface area contributed by atoms with E-state index < -0.39 is 0 Å². The van der Waals surface area contributed by atoms with Crippen molar-refractivity contribution in [3.63, 3.8) is 0 Å². The van der Waals surface area contributed by atoms with E-state index in [-0.39, 0.29) is 6.03 Å². The lowest BCUT2D eigenvalue weighted by molar-refractivity contribution is 0.219. The van der Waals surface area contributed by atoms with Gasteiger partial charge in [-0.3, -0.25) is 5.10 Å². The standard InChI is InChI=1S/C17H18N6O2/c1-12-3-6-14(7-4-12)25-16-8-5-13(9-18-16)21-17(24)23(2)10-15-19-11-20-22-15/h3-9,11H,10H2,1-2H3,(H,21,24)(H,19,20,22). The summed E-state index contributed by atoms with van der Waals surface area (Å²) in [7, 11) is 1.67. The molecule has 0 saturated carbocycles. The smallest absolute Gasteiger partial charge is 0.322 e. The molecular weight excluding hydrogens is 320 g/mol. The average molecular weight is 338 g/mol. The number of aromatic amines is 1. The molecule has 0 aliphatic rings. The van der Waals surface area contributed by atoms with Gasteiger partial charge in [0.05, 0.1) is 18.4 Å². The van der Waals surface area contributed by atoms with Crippen LogP contribution in [0.15, 0.2) is 48.9 Å². The van der Waals surface area contributed by atoms with Crippen molar-refractivity contribution in [3.8, 4) is 11.6 Å². The normalized spacial score (nSPS) is 10.3. The molecule has 0 aliphatic carbocycles. The van der Waals surface area contributed by atoms with E-state index in [1.165, 1.54) is 11.2 Å². The van der Waals surface area contributed by atoms with E-state index in [2.05, 4.69) is 25.5 Å². The number of amides is 2. The summed E-state index contributed by atoms with van der Waals surface area (Å²) in [5.41, 5.74) is 1.73. The van der Waals surface area contributed by atoms with Crippen LogP contribution in [0.2, 0.25) is 0 Å². The van der Waals surface area contributed by atoms with Crippen LogP contribution in [0, 0.1) is 6.92 Å². The predicted molar refractivity (Wildman–Crippen MR) is 92.4 cm³/mol. The second kappa shape index (κ2) is 7.43. The Morgan fingerprint density at radius 1 is 1.20 bits per heavy atom. The van der Waals surface area contributed by atoms with Crippen molar-refractivity contribution in [2.75, 3.05) is 12.4 Å². The predicted octanol–water partition coefficient (Wildman–Crippen LogP) is 2.96. The van der Waals surface area contributed by atoms with Crippen LogP contribution in [-0.2, 0) is 6.54 Å². The van der Waals surface area contributed by atoms with Gasteiger partial charge in [0.2, 0.25) is 5.88 Å². The molecule has 0 fully saturated rings. The number of rotatable bonds is 5.